The van der Waals surface area contributed by atoms with E-state index in [1.165, 1.54) is 31.4 Å². The third kappa shape index (κ3) is 2.75. The number of aromatic nitrogens is 2. The van der Waals surface area contributed by atoms with E-state index in [1.807, 2.05) is 17.9 Å². The summed E-state index contributed by atoms with van der Waals surface area (Å²) in [4.78, 5) is 2.60. The number of likely N-dealkylation sites (tertiary alicyclic amines) is 1. The van der Waals surface area contributed by atoms with Gasteiger partial charge < -0.3 is 5.73 Å². The normalized spacial score (nSPS) is 26.5. The van der Waals surface area contributed by atoms with E-state index in [9.17, 15) is 0 Å². The molecule has 102 valence electrons. The first-order chi connectivity index (χ1) is 8.63. The molecule has 2 atom stereocenters. The van der Waals surface area contributed by atoms with E-state index >= 15 is 0 Å². The van der Waals surface area contributed by atoms with E-state index in [4.69, 9.17) is 5.73 Å². The molecule has 1 saturated heterocycles. The van der Waals surface area contributed by atoms with E-state index in [2.05, 4.69) is 30.0 Å². The van der Waals surface area contributed by atoms with Crippen LogP contribution < -0.4 is 5.73 Å². The van der Waals surface area contributed by atoms with Crippen LogP contribution in [0.4, 0.5) is 0 Å². The summed E-state index contributed by atoms with van der Waals surface area (Å²) in [5.41, 5.74) is 7.34. The lowest BCUT2D eigenvalue weighted by Crippen LogP contribution is -2.39. The average molecular weight is 250 g/mol. The van der Waals surface area contributed by atoms with Crippen LogP contribution in [0.25, 0.3) is 0 Å². The predicted molar refractivity (Wildman–Crippen MR) is 74.2 cm³/mol. The molecule has 4 heteroatoms. The summed E-state index contributed by atoms with van der Waals surface area (Å²) >= 11 is 0. The Hall–Kier alpha value is -0.870. The van der Waals surface area contributed by atoms with E-state index in [0.29, 0.717) is 18.0 Å². The molecule has 4 nitrogen and oxygen atoms in total. The maximum atomic E-state index is 6.02. The number of rotatable bonds is 3. The third-order valence-electron chi connectivity index (χ3n) is 4.08. The van der Waals surface area contributed by atoms with E-state index in [1.54, 1.807) is 0 Å². The summed E-state index contributed by atoms with van der Waals surface area (Å²) in [6.45, 7) is 6.50. The molecule has 2 N–H and O–H groups in total. The van der Waals surface area contributed by atoms with Gasteiger partial charge in [0.25, 0.3) is 0 Å². The molecule has 2 rings (SSSR count). The van der Waals surface area contributed by atoms with Crippen LogP contribution in [0, 0.1) is 5.92 Å². The molecule has 0 saturated carbocycles. The van der Waals surface area contributed by atoms with Gasteiger partial charge in [-0.2, -0.15) is 5.10 Å². The number of aryl methyl sites for hydroxylation is 1. The molecule has 1 aromatic heterocycles. The van der Waals surface area contributed by atoms with Crippen LogP contribution in [-0.2, 0) is 7.05 Å². The summed E-state index contributed by atoms with van der Waals surface area (Å²) in [6.07, 6.45) is 7.97. The molecule has 1 aliphatic heterocycles. The van der Waals surface area contributed by atoms with Crippen LogP contribution in [0.2, 0.25) is 0 Å². The van der Waals surface area contributed by atoms with Crippen LogP contribution in [-0.4, -0.2) is 33.8 Å². The third-order valence-corrected chi connectivity index (χ3v) is 4.08. The zero-order valence-corrected chi connectivity index (χ0v) is 11.8. The number of hydrogen-bond acceptors (Lipinski definition) is 3. The number of hydrogen-bond donors (Lipinski definition) is 1. The van der Waals surface area contributed by atoms with Gasteiger partial charge in [-0.25, -0.2) is 0 Å². The van der Waals surface area contributed by atoms with Gasteiger partial charge in [0.05, 0.1) is 6.20 Å². The van der Waals surface area contributed by atoms with Crippen molar-refractivity contribution in [1.82, 2.24) is 14.7 Å². The first kappa shape index (κ1) is 13.6. The molecule has 0 aliphatic carbocycles. The van der Waals surface area contributed by atoms with Crippen molar-refractivity contribution in [2.75, 3.05) is 13.1 Å². The van der Waals surface area contributed by atoms with Gasteiger partial charge in [-0.3, -0.25) is 9.58 Å². The summed E-state index contributed by atoms with van der Waals surface area (Å²) in [7, 11) is 1.98. The lowest BCUT2D eigenvalue weighted by Gasteiger charge is -2.37. The Morgan fingerprint density at radius 1 is 1.44 bits per heavy atom. The minimum absolute atomic E-state index is 0.436. The number of nitrogens with two attached hydrogens (primary N) is 1. The summed E-state index contributed by atoms with van der Waals surface area (Å²) < 4.78 is 1.90. The summed E-state index contributed by atoms with van der Waals surface area (Å²) in [5, 5.41) is 4.33. The van der Waals surface area contributed by atoms with Gasteiger partial charge in [-0.15, -0.1) is 0 Å². The monoisotopic (exact) mass is 250 g/mol. The Morgan fingerprint density at radius 3 is 2.78 bits per heavy atom. The Balaban J connectivity index is 2.32. The molecule has 0 aromatic carbocycles. The van der Waals surface area contributed by atoms with Crippen LogP contribution in [0.1, 0.15) is 44.7 Å². The van der Waals surface area contributed by atoms with Gasteiger partial charge in [0, 0.05) is 30.9 Å². The fraction of sp³-hybridized carbons (Fsp3) is 0.786. The van der Waals surface area contributed by atoms with Gasteiger partial charge in [0.2, 0.25) is 0 Å². The molecule has 18 heavy (non-hydrogen) atoms. The molecular weight excluding hydrogens is 224 g/mol. The Labute approximate surface area is 110 Å². The standard InChI is InChI=1S/C14H26N4/c1-11(2)18-7-5-4-6-12(8-15)14(18)13-9-16-17(3)10-13/h9-12,14H,4-8,15H2,1-3H3. The largest absolute Gasteiger partial charge is 0.330 e. The lowest BCUT2D eigenvalue weighted by molar-refractivity contribution is 0.121. The van der Waals surface area contributed by atoms with Crippen molar-refractivity contribution in [1.29, 1.82) is 0 Å². The predicted octanol–water partition coefficient (Wildman–Crippen LogP) is 1.93. The minimum atomic E-state index is 0.436. The second-order valence-corrected chi connectivity index (χ2v) is 5.72. The van der Waals surface area contributed by atoms with Gasteiger partial charge >= 0.3 is 0 Å². The number of nitrogens with zero attached hydrogens (tertiary/aromatic N) is 3. The Kier molecular flexibility index (Phi) is 4.40. The molecule has 1 fully saturated rings. The van der Waals surface area contributed by atoms with Crippen LogP contribution in [0.15, 0.2) is 12.4 Å². The first-order valence-electron chi connectivity index (χ1n) is 7.08. The van der Waals surface area contributed by atoms with Crippen LogP contribution >= 0.6 is 0 Å². The molecular formula is C14H26N4. The van der Waals surface area contributed by atoms with Crippen molar-refractivity contribution in [3.63, 3.8) is 0 Å². The molecule has 0 radical (unpaired) electrons. The van der Waals surface area contributed by atoms with E-state index in [-0.39, 0.29) is 0 Å². The molecule has 0 spiro atoms. The van der Waals surface area contributed by atoms with Crippen molar-refractivity contribution < 1.29 is 0 Å². The van der Waals surface area contributed by atoms with Crippen molar-refractivity contribution >= 4 is 0 Å². The highest BCUT2D eigenvalue weighted by Crippen LogP contribution is 2.35. The van der Waals surface area contributed by atoms with E-state index < -0.39 is 0 Å². The second-order valence-electron chi connectivity index (χ2n) is 5.72. The maximum Gasteiger partial charge on any atom is 0.0537 e. The van der Waals surface area contributed by atoms with Gasteiger partial charge in [0.15, 0.2) is 0 Å². The lowest BCUT2D eigenvalue weighted by atomic mass is 9.90. The first-order valence-corrected chi connectivity index (χ1v) is 7.08. The molecule has 1 aliphatic rings. The van der Waals surface area contributed by atoms with Crippen molar-refractivity contribution in [2.45, 2.75) is 45.2 Å². The topological polar surface area (TPSA) is 47.1 Å². The van der Waals surface area contributed by atoms with Crippen molar-refractivity contribution in [2.24, 2.45) is 18.7 Å². The SMILES string of the molecule is CC(C)N1CCCCC(CN)C1c1cnn(C)c1. The molecule has 2 heterocycles. The minimum Gasteiger partial charge on any atom is -0.330 e. The summed E-state index contributed by atoms with van der Waals surface area (Å²) in [6, 6.07) is 0.994. The highest BCUT2D eigenvalue weighted by atomic mass is 15.3. The average Bonchev–Trinajstić information content (AvgIpc) is 2.64. The Bertz CT molecular complexity index is 372. The van der Waals surface area contributed by atoms with Gasteiger partial charge in [-0.05, 0) is 45.7 Å². The van der Waals surface area contributed by atoms with Gasteiger partial charge in [0.1, 0.15) is 0 Å². The highest BCUT2D eigenvalue weighted by molar-refractivity contribution is 5.13. The molecule has 0 bridgehead atoms. The van der Waals surface area contributed by atoms with Crippen LogP contribution in [0.5, 0.6) is 0 Å². The van der Waals surface area contributed by atoms with Gasteiger partial charge in [-0.1, -0.05) is 6.42 Å². The second kappa shape index (κ2) is 5.85. The van der Waals surface area contributed by atoms with Crippen molar-refractivity contribution in [3.05, 3.63) is 18.0 Å². The fourth-order valence-corrected chi connectivity index (χ4v) is 3.15. The summed E-state index contributed by atoms with van der Waals surface area (Å²) in [5.74, 6) is 0.555. The molecule has 2 unspecified atom stereocenters. The molecule has 1 aromatic rings. The Morgan fingerprint density at radius 2 is 2.22 bits per heavy atom. The zero-order chi connectivity index (χ0) is 13.1. The van der Waals surface area contributed by atoms with E-state index in [0.717, 1.165) is 6.54 Å². The maximum absolute atomic E-state index is 6.02. The van der Waals surface area contributed by atoms with Crippen LogP contribution in [0.3, 0.4) is 0 Å². The van der Waals surface area contributed by atoms with Crippen molar-refractivity contribution in [3.8, 4) is 0 Å². The zero-order valence-electron chi connectivity index (χ0n) is 11.8. The highest BCUT2D eigenvalue weighted by Gasteiger charge is 2.32. The fourth-order valence-electron chi connectivity index (χ4n) is 3.15. The quantitative estimate of drug-likeness (QED) is 0.891. The molecule has 0 amide bonds. The smallest absolute Gasteiger partial charge is 0.0537 e.